The zero-order chi connectivity index (χ0) is 13.2. The molecular weight excluding hydrogens is 264 g/mol. The van der Waals surface area contributed by atoms with Crippen LogP contribution in [0.25, 0.3) is 11.2 Å². The first-order chi connectivity index (χ1) is 9.28. The number of rotatable bonds is 3. The van der Waals surface area contributed by atoms with Crippen LogP contribution in [0.15, 0.2) is 30.6 Å². The quantitative estimate of drug-likeness (QED) is 0.744. The number of hydrogen-bond donors (Lipinski definition) is 1. The molecule has 0 saturated heterocycles. The fourth-order valence-electron chi connectivity index (χ4n) is 1.85. The lowest BCUT2D eigenvalue weighted by atomic mass is 10.1. The largest absolute Gasteiger partial charge is 0.437 e. The van der Waals surface area contributed by atoms with Gasteiger partial charge in [0.05, 0.1) is 6.33 Å². The molecule has 2 heterocycles. The molecule has 6 heteroatoms. The van der Waals surface area contributed by atoms with E-state index < -0.39 is 0 Å². The number of aromatic nitrogens is 4. The zero-order valence-electron chi connectivity index (χ0n) is 10.2. The number of ether oxygens (including phenoxy) is 1. The van der Waals surface area contributed by atoms with E-state index in [1.165, 1.54) is 6.33 Å². The first kappa shape index (κ1) is 11.9. The van der Waals surface area contributed by atoms with Crippen LogP contribution in [-0.2, 0) is 6.42 Å². The molecule has 0 aliphatic heterocycles. The SMILES string of the molecule is CCc1ccccc1Oc1nc(Cl)nc2nc[nH]c12. The lowest BCUT2D eigenvalue weighted by Crippen LogP contribution is -1.95. The topological polar surface area (TPSA) is 63.7 Å². The van der Waals surface area contributed by atoms with Crippen molar-refractivity contribution in [2.45, 2.75) is 13.3 Å². The number of imidazole rings is 1. The van der Waals surface area contributed by atoms with Crippen molar-refractivity contribution in [3.8, 4) is 11.6 Å². The third-order valence-electron chi connectivity index (χ3n) is 2.79. The molecule has 0 unspecified atom stereocenters. The standard InChI is InChI=1S/C13H11ClN4O/c1-2-8-5-3-4-6-9(8)19-12-10-11(16-7-15-10)17-13(14)18-12/h3-7H,2H2,1H3,(H,15,16,17,18). The smallest absolute Gasteiger partial charge is 0.250 e. The van der Waals surface area contributed by atoms with E-state index in [9.17, 15) is 0 Å². The Morgan fingerprint density at radius 2 is 2.11 bits per heavy atom. The highest BCUT2D eigenvalue weighted by Gasteiger charge is 2.12. The van der Waals surface area contributed by atoms with Crippen molar-refractivity contribution < 1.29 is 4.74 Å². The molecule has 0 spiro atoms. The van der Waals surface area contributed by atoms with Crippen molar-refractivity contribution in [1.82, 2.24) is 19.9 Å². The van der Waals surface area contributed by atoms with Crippen molar-refractivity contribution in [3.63, 3.8) is 0 Å². The number of benzene rings is 1. The van der Waals surface area contributed by atoms with Crippen LogP contribution in [-0.4, -0.2) is 19.9 Å². The van der Waals surface area contributed by atoms with E-state index in [2.05, 4.69) is 26.9 Å². The predicted molar refractivity (Wildman–Crippen MR) is 72.6 cm³/mol. The highest BCUT2D eigenvalue weighted by molar-refractivity contribution is 6.28. The molecule has 0 atom stereocenters. The number of halogens is 1. The Morgan fingerprint density at radius 1 is 1.26 bits per heavy atom. The van der Waals surface area contributed by atoms with Crippen molar-refractivity contribution in [3.05, 3.63) is 41.4 Å². The number of aromatic amines is 1. The zero-order valence-corrected chi connectivity index (χ0v) is 11.0. The fourth-order valence-corrected chi connectivity index (χ4v) is 2.01. The molecule has 5 nitrogen and oxygen atoms in total. The van der Waals surface area contributed by atoms with Gasteiger partial charge in [-0.25, -0.2) is 4.98 Å². The Bertz CT molecular complexity index is 725. The molecule has 2 aromatic heterocycles. The molecule has 0 amide bonds. The van der Waals surface area contributed by atoms with E-state index in [0.29, 0.717) is 17.0 Å². The van der Waals surface area contributed by atoms with Gasteiger partial charge in [0.25, 0.3) is 0 Å². The minimum absolute atomic E-state index is 0.114. The predicted octanol–water partition coefficient (Wildman–Crippen LogP) is 3.36. The van der Waals surface area contributed by atoms with Gasteiger partial charge >= 0.3 is 0 Å². The third-order valence-corrected chi connectivity index (χ3v) is 2.95. The van der Waals surface area contributed by atoms with Gasteiger partial charge in [0.1, 0.15) is 11.3 Å². The second-order valence-corrected chi connectivity index (χ2v) is 4.30. The summed E-state index contributed by atoms with van der Waals surface area (Å²) in [6.45, 7) is 2.07. The van der Waals surface area contributed by atoms with Crippen LogP contribution in [0.3, 0.4) is 0 Å². The van der Waals surface area contributed by atoms with E-state index in [0.717, 1.165) is 17.7 Å². The molecule has 1 aromatic carbocycles. The number of fused-ring (bicyclic) bond motifs is 1. The Labute approximate surface area is 114 Å². The van der Waals surface area contributed by atoms with Crippen LogP contribution in [0.5, 0.6) is 11.6 Å². The molecule has 1 N–H and O–H groups in total. The molecule has 3 aromatic rings. The molecule has 96 valence electrons. The third kappa shape index (κ3) is 2.24. The number of nitrogens with zero attached hydrogens (tertiary/aromatic N) is 3. The van der Waals surface area contributed by atoms with Crippen molar-refractivity contribution in [2.75, 3.05) is 0 Å². The monoisotopic (exact) mass is 274 g/mol. The minimum Gasteiger partial charge on any atom is -0.437 e. The van der Waals surface area contributed by atoms with Gasteiger partial charge in [-0.3, -0.25) is 0 Å². The lowest BCUT2D eigenvalue weighted by molar-refractivity contribution is 0.462. The lowest BCUT2D eigenvalue weighted by Gasteiger charge is -2.09. The van der Waals surface area contributed by atoms with Crippen LogP contribution < -0.4 is 4.74 Å². The van der Waals surface area contributed by atoms with E-state index in [-0.39, 0.29) is 5.28 Å². The van der Waals surface area contributed by atoms with Crippen molar-refractivity contribution in [2.24, 2.45) is 0 Å². The Hall–Kier alpha value is -2.14. The molecular formula is C13H11ClN4O. The van der Waals surface area contributed by atoms with Gasteiger partial charge in [0.2, 0.25) is 11.2 Å². The van der Waals surface area contributed by atoms with E-state index in [1.54, 1.807) is 0 Å². The van der Waals surface area contributed by atoms with E-state index in [1.807, 2.05) is 24.3 Å². The number of H-pyrrole nitrogens is 1. The summed E-state index contributed by atoms with van der Waals surface area (Å²) in [6, 6.07) is 7.81. The van der Waals surface area contributed by atoms with Crippen LogP contribution >= 0.6 is 11.6 Å². The maximum Gasteiger partial charge on any atom is 0.250 e. The van der Waals surface area contributed by atoms with Gasteiger partial charge in [0.15, 0.2) is 5.65 Å². The van der Waals surface area contributed by atoms with E-state index >= 15 is 0 Å². The average molecular weight is 275 g/mol. The maximum atomic E-state index is 5.86. The Balaban J connectivity index is 2.07. The Kier molecular flexibility index (Phi) is 3.05. The molecule has 0 fully saturated rings. The normalized spacial score (nSPS) is 10.8. The second kappa shape index (κ2) is 4.85. The van der Waals surface area contributed by atoms with Gasteiger partial charge in [-0.2, -0.15) is 9.97 Å². The number of aryl methyl sites for hydroxylation is 1. The molecule has 0 bridgehead atoms. The molecule has 19 heavy (non-hydrogen) atoms. The van der Waals surface area contributed by atoms with Gasteiger partial charge in [-0.15, -0.1) is 0 Å². The summed E-state index contributed by atoms with van der Waals surface area (Å²) in [5, 5.41) is 0.114. The van der Waals surface area contributed by atoms with Gasteiger partial charge in [-0.05, 0) is 29.7 Å². The summed E-state index contributed by atoms with van der Waals surface area (Å²) < 4.78 is 5.85. The second-order valence-electron chi connectivity index (χ2n) is 3.96. The number of hydrogen-bond acceptors (Lipinski definition) is 4. The first-order valence-electron chi connectivity index (χ1n) is 5.90. The van der Waals surface area contributed by atoms with E-state index in [4.69, 9.17) is 16.3 Å². The van der Waals surface area contributed by atoms with Gasteiger partial charge in [-0.1, -0.05) is 25.1 Å². The summed E-state index contributed by atoms with van der Waals surface area (Å²) >= 11 is 5.86. The Morgan fingerprint density at radius 3 is 2.95 bits per heavy atom. The summed E-state index contributed by atoms with van der Waals surface area (Å²) in [4.78, 5) is 15.1. The van der Waals surface area contributed by atoms with Crippen LogP contribution in [0.1, 0.15) is 12.5 Å². The number of nitrogens with one attached hydrogen (secondary N) is 1. The fraction of sp³-hybridized carbons (Fsp3) is 0.154. The van der Waals surface area contributed by atoms with Gasteiger partial charge < -0.3 is 9.72 Å². The minimum atomic E-state index is 0.114. The molecule has 0 aliphatic rings. The van der Waals surface area contributed by atoms with Crippen LogP contribution in [0.4, 0.5) is 0 Å². The molecule has 3 rings (SSSR count). The van der Waals surface area contributed by atoms with Crippen LogP contribution in [0.2, 0.25) is 5.28 Å². The summed E-state index contributed by atoms with van der Waals surface area (Å²) in [5.41, 5.74) is 2.23. The molecule has 0 radical (unpaired) electrons. The highest BCUT2D eigenvalue weighted by Crippen LogP contribution is 2.28. The first-order valence-corrected chi connectivity index (χ1v) is 6.28. The van der Waals surface area contributed by atoms with Crippen molar-refractivity contribution >= 4 is 22.8 Å². The maximum absolute atomic E-state index is 5.86. The summed E-state index contributed by atoms with van der Waals surface area (Å²) in [6.07, 6.45) is 2.41. The highest BCUT2D eigenvalue weighted by atomic mass is 35.5. The molecule has 0 aliphatic carbocycles. The average Bonchev–Trinajstić information content (AvgIpc) is 2.87. The van der Waals surface area contributed by atoms with Crippen LogP contribution in [0, 0.1) is 0 Å². The number of para-hydroxylation sites is 1. The summed E-state index contributed by atoms with van der Waals surface area (Å²) in [5.74, 6) is 1.14. The van der Waals surface area contributed by atoms with Gasteiger partial charge in [0, 0.05) is 0 Å². The molecule has 0 saturated carbocycles. The summed E-state index contributed by atoms with van der Waals surface area (Å²) in [7, 11) is 0. The van der Waals surface area contributed by atoms with Crippen molar-refractivity contribution in [1.29, 1.82) is 0 Å².